The summed E-state index contributed by atoms with van der Waals surface area (Å²) in [5.41, 5.74) is 4.18. The molecule has 0 aliphatic carbocycles. The maximum Gasteiger partial charge on any atom is 0.511 e. The number of unbranched alkanes of at least 4 members (excludes halogenated alkanes) is 1. The molecule has 5 aromatic rings. The predicted molar refractivity (Wildman–Crippen MR) is 189 cm³/mol. The first kappa shape index (κ1) is 39.5. The van der Waals surface area contributed by atoms with Crippen molar-refractivity contribution < 1.29 is 48.6 Å². The molecule has 18 heteroatoms. The van der Waals surface area contributed by atoms with Gasteiger partial charge in [0.05, 0.1) is 18.6 Å². The molecule has 2 N–H and O–H groups in total. The van der Waals surface area contributed by atoms with Gasteiger partial charge >= 0.3 is 18.2 Å². The van der Waals surface area contributed by atoms with Crippen molar-refractivity contribution >= 4 is 29.8 Å². The molecule has 3 aromatic carbocycles. The largest absolute Gasteiger partial charge is 0.511 e. The zero-order valence-electron chi connectivity index (χ0n) is 29.6. The number of nitrogens with zero attached hydrogens (tertiary/aromatic N) is 7. The molecular weight excluding hydrogens is 726 g/mol. The smallest absolute Gasteiger partial charge is 0.442 e. The van der Waals surface area contributed by atoms with E-state index in [1.165, 1.54) is 6.92 Å². The minimum absolute atomic E-state index is 0.0269. The highest BCUT2D eigenvalue weighted by molar-refractivity contribution is 6.32. The first-order valence-electron chi connectivity index (χ1n) is 16.9. The number of carbonyl (C=O) groups is 3. The van der Waals surface area contributed by atoms with Gasteiger partial charge in [0.15, 0.2) is 10.8 Å². The van der Waals surface area contributed by atoms with Gasteiger partial charge in [-0.1, -0.05) is 103 Å². The third-order valence-electron chi connectivity index (χ3n) is 7.90. The zero-order chi connectivity index (χ0) is 38.6. The van der Waals surface area contributed by atoms with Crippen LogP contribution in [0.5, 0.6) is 0 Å². The lowest BCUT2D eigenvalue weighted by Gasteiger charge is -2.16. The molecule has 0 bridgehead atoms. The van der Waals surface area contributed by atoms with Gasteiger partial charge in [-0.05, 0) is 46.4 Å². The normalized spacial score (nSPS) is 11.7. The molecule has 0 fully saturated rings. The van der Waals surface area contributed by atoms with Crippen LogP contribution in [0, 0.1) is 0 Å². The molecule has 0 amide bonds. The number of ether oxygens (including phenoxy) is 4. The molecule has 284 valence electrons. The van der Waals surface area contributed by atoms with Crippen LogP contribution in [-0.4, -0.2) is 76.7 Å². The molecule has 54 heavy (non-hydrogen) atoms. The van der Waals surface area contributed by atoms with Crippen LogP contribution in [0.1, 0.15) is 66.6 Å². The minimum atomic E-state index is -1.23. The number of carbonyl (C=O) groups excluding carboxylic acids is 3. The Morgan fingerprint density at radius 3 is 2.26 bits per heavy atom. The van der Waals surface area contributed by atoms with E-state index in [1.54, 1.807) is 41.8 Å². The van der Waals surface area contributed by atoms with Gasteiger partial charge in [0.25, 0.3) is 0 Å². The standard InChI is InChI=1S/C36H38ClN7O10/c1-4-6-15-30-38-32(37)31(34(45)53-23(3)54-36(47)50-5-2)42(30)20-24-16-18-25(19-17-24)28-13-9-10-14-29(28)33-39-41-43(40-33)35(46)51-21-26-11-7-8-12-27(26)22-52-44(48)49/h7-14,16-19,23,48-49H,4-6,15,20-22H2,1-3H3. The maximum absolute atomic E-state index is 13.3. The molecule has 2 heterocycles. The molecule has 0 radical (unpaired) electrons. The Morgan fingerprint density at radius 1 is 0.889 bits per heavy atom. The Kier molecular flexibility index (Phi) is 13.8. The van der Waals surface area contributed by atoms with Crippen LogP contribution in [0.4, 0.5) is 9.59 Å². The highest BCUT2D eigenvalue weighted by Crippen LogP contribution is 2.31. The van der Waals surface area contributed by atoms with Crippen molar-refractivity contribution in [3.8, 4) is 22.5 Å². The summed E-state index contributed by atoms with van der Waals surface area (Å²) in [6, 6.07) is 21.8. The summed E-state index contributed by atoms with van der Waals surface area (Å²) in [5, 5.41) is 29.5. The summed E-state index contributed by atoms with van der Waals surface area (Å²) in [6.07, 6.45) is -0.787. The van der Waals surface area contributed by atoms with Gasteiger partial charge < -0.3 is 23.5 Å². The van der Waals surface area contributed by atoms with Crippen molar-refractivity contribution in [2.24, 2.45) is 0 Å². The molecule has 0 saturated heterocycles. The fourth-order valence-electron chi connectivity index (χ4n) is 5.34. The van der Waals surface area contributed by atoms with Crippen molar-refractivity contribution in [1.29, 1.82) is 0 Å². The zero-order valence-corrected chi connectivity index (χ0v) is 30.4. The third-order valence-corrected chi connectivity index (χ3v) is 8.17. The lowest BCUT2D eigenvalue weighted by molar-refractivity contribution is -0.497. The Bertz CT molecular complexity index is 2050. The number of halogens is 1. The Balaban J connectivity index is 1.31. The van der Waals surface area contributed by atoms with Gasteiger partial charge in [-0.2, -0.15) is 0 Å². The number of hydrogen-bond acceptors (Lipinski definition) is 15. The van der Waals surface area contributed by atoms with E-state index in [4.69, 9.17) is 41.0 Å². The number of esters is 1. The second-order valence-corrected chi connectivity index (χ2v) is 12.0. The number of aromatic nitrogens is 6. The number of tetrazole rings is 1. The number of benzene rings is 3. The first-order chi connectivity index (χ1) is 26.1. The van der Waals surface area contributed by atoms with Crippen LogP contribution >= 0.6 is 11.6 Å². The van der Waals surface area contributed by atoms with Crippen molar-refractivity contribution in [3.63, 3.8) is 0 Å². The molecule has 2 aromatic heterocycles. The molecule has 0 spiro atoms. The van der Waals surface area contributed by atoms with Crippen LogP contribution in [-0.2, 0) is 50.0 Å². The SMILES string of the molecule is CCCCc1nc(Cl)c(C(=O)OC(C)OC(=O)OCC)n1Cc1ccc(-c2ccccc2-c2nnn(C(=O)OCc3ccccc3CON(O)O)n2)cc1. The third kappa shape index (κ3) is 10.2. The van der Waals surface area contributed by atoms with E-state index >= 15 is 0 Å². The van der Waals surface area contributed by atoms with E-state index in [-0.39, 0.29) is 43.0 Å². The monoisotopic (exact) mass is 763 g/mol. The molecular formula is C36H38ClN7O10. The van der Waals surface area contributed by atoms with Gasteiger partial charge in [-0.3, -0.25) is 10.4 Å². The highest BCUT2D eigenvalue weighted by Gasteiger charge is 2.26. The van der Waals surface area contributed by atoms with E-state index in [0.717, 1.165) is 34.3 Å². The summed E-state index contributed by atoms with van der Waals surface area (Å²) < 4.78 is 22.2. The van der Waals surface area contributed by atoms with E-state index in [9.17, 15) is 14.4 Å². The molecule has 0 saturated carbocycles. The lowest BCUT2D eigenvalue weighted by Crippen LogP contribution is -2.24. The van der Waals surface area contributed by atoms with Gasteiger partial charge in [-0.25, -0.2) is 24.2 Å². The van der Waals surface area contributed by atoms with E-state index in [1.807, 2.05) is 49.4 Å². The number of imidazole rings is 1. The Hall–Kier alpha value is -5.72. The molecule has 1 unspecified atom stereocenters. The Morgan fingerprint density at radius 2 is 1.57 bits per heavy atom. The van der Waals surface area contributed by atoms with Crippen LogP contribution in [0.25, 0.3) is 22.5 Å². The Labute approximate surface area is 314 Å². The summed E-state index contributed by atoms with van der Waals surface area (Å²) in [7, 11) is 0. The summed E-state index contributed by atoms with van der Waals surface area (Å²) in [4.78, 5) is 47.7. The molecule has 0 aliphatic rings. The van der Waals surface area contributed by atoms with E-state index < -0.39 is 29.9 Å². The van der Waals surface area contributed by atoms with Gasteiger partial charge in [-0.15, -0.1) is 10.2 Å². The number of rotatable bonds is 16. The number of hydrogen-bond donors (Lipinski definition) is 2. The van der Waals surface area contributed by atoms with Crippen LogP contribution in [0.3, 0.4) is 0 Å². The summed E-state index contributed by atoms with van der Waals surface area (Å²) >= 11 is 6.47. The van der Waals surface area contributed by atoms with Crippen molar-refractivity contribution in [1.82, 2.24) is 35.1 Å². The van der Waals surface area contributed by atoms with Crippen molar-refractivity contribution in [3.05, 3.63) is 106 Å². The van der Waals surface area contributed by atoms with E-state index in [0.29, 0.717) is 28.9 Å². The second kappa shape index (κ2) is 18.9. The minimum Gasteiger partial charge on any atom is -0.442 e. The predicted octanol–water partition coefficient (Wildman–Crippen LogP) is 6.62. The highest BCUT2D eigenvalue weighted by atomic mass is 35.5. The van der Waals surface area contributed by atoms with Gasteiger partial charge in [0.2, 0.25) is 12.1 Å². The first-order valence-corrected chi connectivity index (χ1v) is 17.3. The lowest BCUT2D eigenvalue weighted by atomic mass is 9.98. The van der Waals surface area contributed by atoms with Crippen LogP contribution in [0.2, 0.25) is 5.15 Å². The summed E-state index contributed by atoms with van der Waals surface area (Å²) in [6.45, 7) is 5.08. The van der Waals surface area contributed by atoms with Gasteiger partial charge in [0, 0.05) is 25.5 Å². The fourth-order valence-corrected chi connectivity index (χ4v) is 5.62. The average molecular weight is 764 g/mol. The van der Waals surface area contributed by atoms with Crippen molar-refractivity contribution in [2.75, 3.05) is 6.61 Å². The second-order valence-electron chi connectivity index (χ2n) is 11.6. The van der Waals surface area contributed by atoms with Crippen LogP contribution < -0.4 is 0 Å². The molecule has 0 aliphatic heterocycles. The fraction of sp³-hybridized carbons (Fsp3) is 0.306. The van der Waals surface area contributed by atoms with Crippen LogP contribution in [0.15, 0.2) is 72.8 Å². The maximum atomic E-state index is 13.3. The molecule has 17 nitrogen and oxygen atoms in total. The van der Waals surface area contributed by atoms with Gasteiger partial charge in [0.1, 0.15) is 12.4 Å². The average Bonchev–Trinajstić information content (AvgIpc) is 3.77. The molecule has 5 rings (SSSR count). The van der Waals surface area contributed by atoms with E-state index in [2.05, 4.69) is 25.2 Å². The number of aryl methyl sites for hydroxylation is 1. The topological polar surface area (TPSA) is 202 Å². The van der Waals surface area contributed by atoms with Crippen molar-refractivity contribution in [2.45, 2.75) is 66.1 Å². The quantitative estimate of drug-likeness (QED) is 0.0469. The summed E-state index contributed by atoms with van der Waals surface area (Å²) in [5.74, 6) is -0.0178. The molecule has 1 atom stereocenters.